The van der Waals surface area contributed by atoms with E-state index in [0.29, 0.717) is 18.0 Å². The van der Waals surface area contributed by atoms with Crippen molar-refractivity contribution >= 4 is 11.9 Å². The van der Waals surface area contributed by atoms with E-state index in [2.05, 4.69) is 6.07 Å². The maximum Gasteiger partial charge on any atom is 0.318 e. The maximum absolute atomic E-state index is 13.1. The zero-order valence-electron chi connectivity index (χ0n) is 17.9. The minimum atomic E-state index is -0.626. The first-order valence-corrected chi connectivity index (χ1v) is 10.3. The van der Waals surface area contributed by atoms with Crippen molar-refractivity contribution in [3.8, 4) is 11.5 Å². The van der Waals surface area contributed by atoms with Crippen LogP contribution in [0.3, 0.4) is 0 Å². The number of likely N-dealkylation sites (N-methyl/N-ethyl adjacent to an activating group) is 1. The Morgan fingerprint density at radius 2 is 1.55 bits per heavy atom. The highest BCUT2D eigenvalue weighted by Crippen LogP contribution is 2.44. The average molecular weight is 415 g/mol. The number of benzene rings is 3. The number of esters is 1. The molecule has 0 aromatic heterocycles. The first-order chi connectivity index (χ1) is 14.9. The second kappa shape index (κ2) is 8.64. The van der Waals surface area contributed by atoms with E-state index in [-0.39, 0.29) is 12.5 Å². The van der Waals surface area contributed by atoms with Gasteiger partial charge in [0, 0.05) is 24.7 Å². The standard InChI is InChI=1S/C26H25NO4/c1-17-12-13-19(18(2)14-17)15-27(3)24(28)16-30-26(29)25-20-8-4-6-10-22(20)31-23-11-7-5-9-21(23)25/h4-14,25H,15-16H2,1-3H3. The van der Waals surface area contributed by atoms with E-state index in [4.69, 9.17) is 9.47 Å². The third-order valence-electron chi connectivity index (χ3n) is 5.58. The number of hydrogen-bond donors (Lipinski definition) is 0. The molecule has 1 amide bonds. The fraction of sp³-hybridized carbons (Fsp3) is 0.231. The van der Waals surface area contributed by atoms with Gasteiger partial charge >= 0.3 is 5.97 Å². The van der Waals surface area contributed by atoms with E-state index < -0.39 is 11.9 Å². The molecule has 0 unspecified atom stereocenters. The van der Waals surface area contributed by atoms with Crippen LogP contribution < -0.4 is 4.74 Å². The predicted octanol–water partition coefficient (Wildman–Crippen LogP) is 4.74. The topological polar surface area (TPSA) is 55.8 Å². The van der Waals surface area contributed by atoms with Gasteiger partial charge in [0.1, 0.15) is 17.4 Å². The number of carbonyl (C=O) groups excluding carboxylic acids is 2. The van der Waals surface area contributed by atoms with Crippen LogP contribution in [0.4, 0.5) is 0 Å². The number of aryl methyl sites for hydroxylation is 2. The lowest BCUT2D eigenvalue weighted by Gasteiger charge is -2.27. The largest absolute Gasteiger partial charge is 0.457 e. The van der Waals surface area contributed by atoms with Crippen LogP contribution in [0.1, 0.15) is 33.7 Å². The molecule has 5 nitrogen and oxygen atoms in total. The van der Waals surface area contributed by atoms with Crippen LogP contribution in [0.5, 0.6) is 11.5 Å². The number of carbonyl (C=O) groups is 2. The highest BCUT2D eigenvalue weighted by molar-refractivity contribution is 5.87. The Hall–Kier alpha value is -3.60. The summed E-state index contributed by atoms with van der Waals surface area (Å²) in [6.45, 7) is 4.23. The van der Waals surface area contributed by atoms with Gasteiger partial charge in [0.05, 0.1) is 0 Å². The molecule has 0 spiro atoms. The molecule has 4 rings (SSSR count). The van der Waals surface area contributed by atoms with Gasteiger partial charge in [-0.2, -0.15) is 0 Å². The zero-order chi connectivity index (χ0) is 22.0. The summed E-state index contributed by atoms with van der Waals surface area (Å²) in [7, 11) is 1.72. The first-order valence-electron chi connectivity index (χ1n) is 10.3. The summed E-state index contributed by atoms with van der Waals surface area (Å²) >= 11 is 0. The molecule has 0 fully saturated rings. The molecule has 3 aromatic carbocycles. The van der Waals surface area contributed by atoms with Crippen molar-refractivity contribution in [2.75, 3.05) is 13.7 Å². The van der Waals surface area contributed by atoms with Gasteiger partial charge in [-0.1, -0.05) is 60.2 Å². The SMILES string of the molecule is Cc1ccc(CN(C)C(=O)COC(=O)C2c3ccccc3Oc3ccccc32)c(C)c1. The second-order valence-corrected chi connectivity index (χ2v) is 7.90. The van der Waals surface area contributed by atoms with Gasteiger partial charge in [-0.05, 0) is 37.1 Å². The van der Waals surface area contributed by atoms with Gasteiger partial charge in [0.25, 0.3) is 5.91 Å². The molecule has 0 saturated heterocycles. The van der Waals surface area contributed by atoms with E-state index in [1.165, 1.54) is 5.56 Å². The third-order valence-corrected chi connectivity index (χ3v) is 5.58. The van der Waals surface area contributed by atoms with Gasteiger partial charge in [-0.15, -0.1) is 0 Å². The van der Waals surface area contributed by atoms with Crippen LogP contribution in [0.25, 0.3) is 0 Å². The van der Waals surface area contributed by atoms with Crippen molar-refractivity contribution in [1.29, 1.82) is 0 Å². The van der Waals surface area contributed by atoms with Crippen LogP contribution in [-0.2, 0) is 20.9 Å². The summed E-state index contributed by atoms with van der Waals surface area (Å²) in [6, 6.07) is 20.9. The second-order valence-electron chi connectivity index (χ2n) is 7.90. The molecule has 158 valence electrons. The number of hydrogen-bond acceptors (Lipinski definition) is 4. The highest BCUT2D eigenvalue weighted by atomic mass is 16.5. The molecule has 5 heteroatoms. The fourth-order valence-electron chi connectivity index (χ4n) is 3.86. The van der Waals surface area contributed by atoms with Crippen molar-refractivity contribution in [1.82, 2.24) is 4.90 Å². The van der Waals surface area contributed by atoms with E-state index in [1.807, 2.05) is 74.5 Å². The maximum atomic E-state index is 13.1. The number of fused-ring (bicyclic) bond motifs is 2. The molecule has 0 aliphatic carbocycles. The van der Waals surface area contributed by atoms with Crippen molar-refractivity contribution in [3.63, 3.8) is 0 Å². The Balaban J connectivity index is 1.46. The summed E-state index contributed by atoms with van der Waals surface area (Å²) in [6.07, 6.45) is 0. The van der Waals surface area contributed by atoms with Crippen molar-refractivity contribution in [2.24, 2.45) is 0 Å². The number of para-hydroxylation sites is 2. The lowest BCUT2D eigenvalue weighted by molar-refractivity contribution is -0.152. The Labute approximate surface area is 182 Å². The quantitative estimate of drug-likeness (QED) is 0.565. The van der Waals surface area contributed by atoms with Crippen LogP contribution in [0, 0.1) is 13.8 Å². The van der Waals surface area contributed by atoms with E-state index in [0.717, 1.165) is 22.3 Å². The minimum Gasteiger partial charge on any atom is -0.457 e. The van der Waals surface area contributed by atoms with Crippen LogP contribution in [-0.4, -0.2) is 30.4 Å². The van der Waals surface area contributed by atoms with Crippen LogP contribution in [0.15, 0.2) is 66.7 Å². The van der Waals surface area contributed by atoms with Gasteiger partial charge in [-0.25, -0.2) is 0 Å². The molecule has 0 saturated carbocycles. The van der Waals surface area contributed by atoms with Crippen molar-refractivity contribution in [3.05, 3.63) is 94.5 Å². The molecule has 31 heavy (non-hydrogen) atoms. The molecule has 3 aromatic rings. The van der Waals surface area contributed by atoms with E-state index in [1.54, 1.807) is 11.9 Å². The summed E-state index contributed by atoms with van der Waals surface area (Å²) in [5.74, 6) is -0.0834. The number of rotatable bonds is 5. The molecule has 0 radical (unpaired) electrons. The van der Waals surface area contributed by atoms with Crippen molar-refractivity contribution in [2.45, 2.75) is 26.3 Å². The molecule has 1 aliphatic heterocycles. The molecular weight excluding hydrogens is 390 g/mol. The summed E-state index contributed by atoms with van der Waals surface area (Å²) in [4.78, 5) is 27.3. The number of amides is 1. The molecule has 0 atom stereocenters. The zero-order valence-corrected chi connectivity index (χ0v) is 17.9. The van der Waals surface area contributed by atoms with Gasteiger partial charge in [0.2, 0.25) is 0 Å². The molecule has 1 aliphatic rings. The third kappa shape index (κ3) is 4.31. The normalized spacial score (nSPS) is 12.4. The Bertz CT molecular complexity index is 1090. The Morgan fingerprint density at radius 3 is 2.16 bits per heavy atom. The Morgan fingerprint density at radius 1 is 0.935 bits per heavy atom. The van der Waals surface area contributed by atoms with E-state index in [9.17, 15) is 9.59 Å². The van der Waals surface area contributed by atoms with Crippen molar-refractivity contribution < 1.29 is 19.1 Å². The first kappa shape index (κ1) is 20.7. The van der Waals surface area contributed by atoms with Gasteiger partial charge in [-0.3, -0.25) is 9.59 Å². The van der Waals surface area contributed by atoms with Crippen LogP contribution in [0.2, 0.25) is 0 Å². The smallest absolute Gasteiger partial charge is 0.318 e. The lowest BCUT2D eigenvalue weighted by Crippen LogP contribution is -2.32. The highest BCUT2D eigenvalue weighted by Gasteiger charge is 2.34. The summed E-state index contributed by atoms with van der Waals surface area (Å²) in [5.41, 5.74) is 4.86. The molecule has 0 N–H and O–H groups in total. The lowest BCUT2D eigenvalue weighted by atomic mass is 9.88. The molecular formula is C26H25NO4. The molecule has 1 heterocycles. The Kier molecular flexibility index (Phi) is 5.76. The summed E-state index contributed by atoms with van der Waals surface area (Å²) in [5, 5.41) is 0. The van der Waals surface area contributed by atoms with Crippen LogP contribution >= 0.6 is 0 Å². The predicted molar refractivity (Wildman–Crippen MR) is 118 cm³/mol. The minimum absolute atomic E-state index is 0.248. The average Bonchev–Trinajstić information content (AvgIpc) is 2.77. The monoisotopic (exact) mass is 415 g/mol. The van der Waals surface area contributed by atoms with Gasteiger partial charge < -0.3 is 14.4 Å². The summed E-state index contributed by atoms with van der Waals surface area (Å²) < 4.78 is 11.4. The number of ether oxygens (including phenoxy) is 2. The number of nitrogens with zero attached hydrogens (tertiary/aromatic N) is 1. The molecule has 0 bridgehead atoms. The fourth-order valence-corrected chi connectivity index (χ4v) is 3.86. The van der Waals surface area contributed by atoms with Gasteiger partial charge in [0.15, 0.2) is 6.61 Å². The van der Waals surface area contributed by atoms with E-state index >= 15 is 0 Å².